The number of aliphatic imine (C=N–C) groups is 1. The summed E-state index contributed by atoms with van der Waals surface area (Å²) in [5.74, 6) is 0.551. The number of ether oxygens (including phenoxy) is 1. The Morgan fingerprint density at radius 3 is 2.55 bits per heavy atom. The SMILES string of the molecule is COc1ccc(/C=C2\SC(n3nc(C)cc3C)=NC2=O)cc1. The summed E-state index contributed by atoms with van der Waals surface area (Å²) in [7, 11) is 1.62. The summed E-state index contributed by atoms with van der Waals surface area (Å²) >= 11 is 1.33. The molecule has 0 bridgehead atoms. The first-order chi connectivity index (χ1) is 10.6. The summed E-state index contributed by atoms with van der Waals surface area (Å²) in [6.45, 7) is 3.86. The third-order valence-electron chi connectivity index (χ3n) is 3.21. The lowest BCUT2D eigenvalue weighted by atomic mass is 10.2. The van der Waals surface area contributed by atoms with Crippen molar-refractivity contribution < 1.29 is 9.53 Å². The Morgan fingerprint density at radius 2 is 1.95 bits per heavy atom. The molecule has 2 aromatic rings. The molecule has 0 saturated carbocycles. The van der Waals surface area contributed by atoms with E-state index in [2.05, 4.69) is 10.1 Å². The molecule has 112 valence electrons. The van der Waals surface area contributed by atoms with Crippen LogP contribution in [0.2, 0.25) is 0 Å². The van der Waals surface area contributed by atoms with Crippen molar-refractivity contribution >= 4 is 28.9 Å². The van der Waals surface area contributed by atoms with Gasteiger partial charge in [0.15, 0.2) is 5.17 Å². The number of thioether (sulfide) groups is 1. The number of hydrogen-bond acceptors (Lipinski definition) is 4. The van der Waals surface area contributed by atoms with Gasteiger partial charge in [-0.1, -0.05) is 12.1 Å². The van der Waals surface area contributed by atoms with Gasteiger partial charge in [0.05, 0.1) is 17.7 Å². The maximum absolute atomic E-state index is 12.1. The van der Waals surface area contributed by atoms with E-state index in [4.69, 9.17) is 4.74 Å². The average Bonchev–Trinajstić information content (AvgIpc) is 3.02. The standard InChI is InChI=1S/C16H15N3O2S/c1-10-8-11(2)19(18-10)16-17-15(20)14(22-16)9-12-4-6-13(21-3)7-5-12/h4-9H,1-3H3/b14-9-. The van der Waals surface area contributed by atoms with Crippen LogP contribution in [0.4, 0.5) is 0 Å². The van der Waals surface area contributed by atoms with Crippen LogP contribution in [0, 0.1) is 13.8 Å². The van der Waals surface area contributed by atoms with Crippen LogP contribution in [0.25, 0.3) is 6.08 Å². The molecule has 0 N–H and O–H groups in total. The van der Waals surface area contributed by atoms with Crippen LogP contribution in [-0.2, 0) is 4.79 Å². The summed E-state index contributed by atoms with van der Waals surface area (Å²) < 4.78 is 6.82. The Balaban J connectivity index is 1.84. The number of carbonyl (C=O) groups is 1. The third-order valence-corrected chi connectivity index (χ3v) is 4.17. The van der Waals surface area contributed by atoms with E-state index < -0.39 is 0 Å². The molecule has 22 heavy (non-hydrogen) atoms. The normalized spacial score (nSPS) is 16.2. The molecule has 3 rings (SSSR count). The van der Waals surface area contributed by atoms with Crippen molar-refractivity contribution in [2.75, 3.05) is 7.11 Å². The van der Waals surface area contributed by atoms with Gasteiger partial charge in [0.2, 0.25) is 0 Å². The maximum Gasteiger partial charge on any atom is 0.286 e. The van der Waals surface area contributed by atoms with Crippen LogP contribution >= 0.6 is 11.8 Å². The predicted octanol–water partition coefficient (Wildman–Crippen LogP) is 3.03. The predicted molar refractivity (Wildman–Crippen MR) is 88.1 cm³/mol. The van der Waals surface area contributed by atoms with Crippen molar-refractivity contribution in [3.8, 4) is 5.75 Å². The summed E-state index contributed by atoms with van der Waals surface area (Å²) in [5.41, 5.74) is 2.80. The summed E-state index contributed by atoms with van der Waals surface area (Å²) in [4.78, 5) is 16.7. The Kier molecular flexibility index (Phi) is 3.85. The molecule has 0 saturated heterocycles. The van der Waals surface area contributed by atoms with Crippen LogP contribution in [0.5, 0.6) is 5.75 Å². The van der Waals surface area contributed by atoms with Crippen molar-refractivity contribution in [3.05, 3.63) is 52.2 Å². The number of benzene rings is 1. The van der Waals surface area contributed by atoms with Crippen LogP contribution in [-0.4, -0.2) is 28.0 Å². The second-order valence-electron chi connectivity index (χ2n) is 4.92. The molecule has 1 aromatic carbocycles. The van der Waals surface area contributed by atoms with Crippen molar-refractivity contribution in [2.24, 2.45) is 4.99 Å². The summed E-state index contributed by atoms with van der Waals surface area (Å²) in [5, 5.41) is 4.95. The van der Waals surface area contributed by atoms with Gasteiger partial charge in [-0.25, -0.2) is 4.68 Å². The fourth-order valence-corrected chi connectivity index (χ4v) is 3.09. The van der Waals surface area contributed by atoms with Gasteiger partial charge >= 0.3 is 0 Å². The molecule has 2 heterocycles. The molecule has 6 heteroatoms. The Morgan fingerprint density at radius 1 is 1.23 bits per heavy atom. The number of hydrogen-bond donors (Lipinski definition) is 0. The average molecular weight is 313 g/mol. The Bertz CT molecular complexity index is 788. The van der Waals surface area contributed by atoms with Gasteiger partial charge in [0.25, 0.3) is 5.91 Å². The Hall–Kier alpha value is -2.34. The molecule has 0 spiro atoms. The van der Waals surface area contributed by atoms with E-state index in [0.29, 0.717) is 10.1 Å². The molecule has 1 amide bonds. The highest BCUT2D eigenvalue weighted by Crippen LogP contribution is 2.30. The van der Waals surface area contributed by atoms with E-state index in [1.165, 1.54) is 11.8 Å². The van der Waals surface area contributed by atoms with Crippen LogP contribution in [0.1, 0.15) is 17.0 Å². The van der Waals surface area contributed by atoms with E-state index in [9.17, 15) is 4.79 Å². The van der Waals surface area contributed by atoms with Crippen molar-refractivity contribution in [1.82, 2.24) is 9.78 Å². The number of nitrogens with zero attached hydrogens (tertiary/aromatic N) is 3. The van der Waals surface area contributed by atoms with Gasteiger partial charge < -0.3 is 4.74 Å². The van der Waals surface area contributed by atoms with Gasteiger partial charge in [0.1, 0.15) is 5.75 Å². The van der Waals surface area contributed by atoms with E-state index in [-0.39, 0.29) is 5.91 Å². The first kappa shape index (κ1) is 14.6. The maximum atomic E-state index is 12.1. The molecule has 0 atom stereocenters. The zero-order chi connectivity index (χ0) is 15.7. The second kappa shape index (κ2) is 5.81. The van der Waals surface area contributed by atoms with Gasteiger partial charge in [-0.3, -0.25) is 4.79 Å². The molecular formula is C16H15N3O2S. The van der Waals surface area contributed by atoms with Crippen LogP contribution in [0.3, 0.4) is 0 Å². The number of aromatic nitrogens is 2. The van der Waals surface area contributed by atoms with E-state index >= 15 is 0 Å². The summed E-state index contributed by atoms with van der Waals surface area (Å²) in [6.07, 6.45) is 1.83. The van der Waals surface area contributed by atoms with Crippen molar-refractivity contribution in [3.63, 3.8) is 0 Å². The lowest BCUT2D eigenvalue weighted by Crippen LogP contribution is -2.09. The molecule has 5 nitrogen and oxygen atoms in total. The molecule has 0 fully saturated rings. The topological polar surface area (TPSA) is 56.5 Å². The number of carbonyl (C=O) groups excluding carboxylic acids is 1. The van der Waals surface area contributed by atoms with Crippen molar-refractivity contribution in [2.45, 2.75) is 13.8 Å². The molecule has 1 aliphatic rings. The van der Waals surface area contributed by atoms with Crippen LogP contribution < -0.4 is 4.74 Å². The fourth-order valence-electron chi connectivity index (χ4n) is 2.16. The number of rotatable bonds is 2. The minimum absolute atomic E-state index is 0.233. The lowest BCUT2D eigenvalue weighted by Gasteiger charge is -2.02. The van der Waals surface area contributed by atoms with E-state index in [1.807, 2.05) is 50.3 Å². The highest BCUT2D eigenvalue weighted by molar-refractivity contribution is 8.18. The zero-order valence-electron chi connectivity index (χ0n) is 12.5. The monoisotopic (exact) mass is 313 g/mol. The number of methoxy groups -OCH3 is 1. The highest BCUT2D eigenvalue weighted by atomic mass is 32.2. The molecule has 1 aromatic heterocycles. The van der Waals surface area contributed by atoms with Gasteiger partial charge in [0, 0.05) is 5.69 Å². The first-order valence-electron chi connectivity index (χ1n) is 6.77. The third kappa shape index (κ3) is 2.82. The molecule has 1 aliphatic heterocycles. The Labute approximate surface area is 132 Å². The first-order valence-corrected chi connectivity index (χ1v) is 7.59. The fraction of sp³-hybridized carbons (Fsp3) is 0.188. The second-order valence-corrected chi connectivity index (χ2v) is 5.93. The zero-order valence-corrected chi connectivity index (χ0v) is 13.3. The molecule has 0 aliphatic carbocycles. The molecule has 0 unspecified atom stereocenters. The van der Waals surface area contributed by atoms with Gasteiger partial charge in [-0.15, -0.1) is 0 Å². The van der Waals surface area contributed by atoms with Crippen molar-refractivity contribution in [1.29, 1.82) is 0 Å². The summed E-state index contributed by atoms with van der Waals surface area (Å²) in [6, 6.07) is 9.49. The minimum Gasteiger partial charge on any atom is -0.497 e. The number of amides is 1. The van der Waals surface area contributed by atoms with Crippen LogP contribution in [0.15, 0.2) is 40.2 Å². The van der Waals surface area contributed by atoms with E-state index in [0.717, 1.165) is 22.7 Å². The molecule has 0 radical (unpaired) electrons. The van der Waals surface area contributed by atoms with E-state index in [1.54, 1.807) is 11.8 Å². The van der Waals surface area contributed by atoms with Gasteiger partial charge in [-0.05, 0) is 55.4 Å². The minimum atomic E-state index is -0.233. The number of aryl methyl sites for hydroxylation is 2. The highest BCUT2D eigenvalue weighted by Gasteiger charge is 2.24. The smallest absolute Gasteiger partial charge is 0.286 e. The quantitative estimate of drug-likeness (QED) is 0.800. The molecular weight excluding hydrogens is 298 g/mol. The lowest BCUT2D eigenvalue weighted by molar-refractivity contribution is -0.113. The van der Waals surface area contributed by atoms with Gasteiger partial charge in [-0.2, -0.15) is 10.1 Å². The largest absolute Gasteiger partial charge is 0.497 e.